The zero-order chi connectivity index (χ0) is 14.0. The van der Waals surface area contributed by atoms with Crippen molar-refractivity contribution in [1.29, 1.82) is 0 Å². The van der Waals surface area contributed by atoms with Gasteiger partial charge in [-0.25, -0.2) is 0 Å². The molecule has 1 saturated carbocycles. The molecule has 1 heterocycles. The number of nitrogens with zero attached hydrogens (tertiary/aromatic N) is 2. The van der Waals surface area contributed by atoms with Crippen molar-refractivity contribution in [3.05, 3.63) is 22.4 Å². The molecule has 19 heavy (non-hydrogen) atoms. The van der Waals surface area contributed by atoms with Gasteiger partial charge in [-0.1, -0.05) is 0 Å². The Bertz CT molecular complexity index is 463. The molecule has 1 fully saturated rings. The average molecular weight is 328 g/mol. The molecule has 0 aromatic carbocycles. The second-order valence-corrected chi connectivity index (χ2v) is 6.40. The molecule has 1 N–H and O–H groups in total. The first-order valence-corrected chi connectivity index (χ1v) is 7.59. The highest BCUT2D eigenvalue weighted by Gasteiger charge is 2.39. The van der Waals surface area contributed by atoms with Crippen LogP contribution in [-0.2, 0) is 6.54 Å². The maximum atomic E-state index is 12.3. The van der Waals surface area contributed by atoms with Crippen molar-refractivity contribution in [2.24, 2.45) is 0 Å². The molecule has 0 spiro atoms. The third-order valence-corrected chi connectivity index (χ3v) is 4.68. The highest BCUT2D eigenvalue weighted by atomic mass is 79.9. The third-order valence-electron chi connectivity index (χ3n) is 4.25. The molecule has 1 amide bonds. The van der Waals surface area contributed by atoms with Gasteiger partial charge in [-0.05, 0) is 62.3 Å². The molecule has 0 atom stereocenters. The zero-order valence-corrected chi connectivity index (χ0v) is 13.5. The van der Waals surface area contributed by atoms with Crippen molar-refractivity contribution in [2.75, 3.05) is 20.6 Å². The van der Waals surface area contributed by atoms with Crippen molar-refractivity contribution >= 4 is 21.8 Å². The minimum atomic E-state index is 0.0145. The molecule has 0 saturated heterocycles. The third kappa shape index (κ3) is 2.87. The first-order chi connectivity index (χ1) is 8.98. The molecule has 0 unspecified atom stereocenters. The van der Waals surface area contributed by atoms with E-state index in [0.717, 1.165) is 23.3 Å². The Balaban J connectivity index is 2.01. The molecule has 1 aromatic heterocycles. The molecule has 0 bridgehead atoms. The second kappa shape index (κ2) is 5.67. The fraction of sp³-hybridized carbons (Fsp3) is 0.643. The van der Waals surface area contributed by atoms with Crippen molar-refractivity contribution in [3.63, 3.8) is 0 Å². The van der Waals surface area contributed by atoms with E-state index in [1.165, 1.54) is 19.3 Å². The van der Waals surface area contributed by atoms with Gasteiger partial charge in [-0.3, -0.25) is 4.79 Å². The molecule has 106 valence electrons. The summed E-state index contributed by atoms with van der Waals surface area (Å²) in [6.07, 6.45) is 5.53. The molecular formula is C14H22BrN3O. The number of likely N-dealkylation sites (N-methyl/N-ethyl adjacent to an activating group) is 1. The first-order valence-electron chi connectivity index (χ1n) is 6.80. The van der Waals surface area contributed by atoms with Crippen LogP contribution in [0.4, 0.5) is 0 Å². The Morgan fingerprint density at radius 1 is 1.53 bits per heavy atom. The summed E-state index contributed by atoms with van der Waals surface area (Å²) in [6, 6.07) is 1.88. The number of aromatic nitrogens is 1. The van der Waals surface area contributed by atoms with Crippen LogP contribution in [0.25, 0.3) is 0 Å². The summed E-state index contributed by atoms with van der Waals surface area (Å²) < 4.78 is 2.91. The van der Waals surface area contributed by atoms with E-state index in [2.05, 4.69) is 40.2 Å². The van der Waals surface area contributed by atoms with Gasteiger partial charge in [-0.15, -0.1) is 0 Å². The van der Waals surface area contributed by atoms with Crippen LogP contribution in [0.3, 0.4) is 0 Å². The number of halogens is 1. The van der Waals surface area contributed by atoms with E-state index in [9.17, 15) is 4.79 Å². The van der Waals surface area contributed by atoms with Crippen molar-refractivity contribution in [3.8, 4) is 0 Å². The monoisotopic (exact) mass is 327 g/mol. The van der Waals surface area contributed by atoms with Gasteiger partial charge in [0, 0.05) is 29.3 Å². The van der Waals surface area contributed by atoms with Crippen LogP contribution >= 0.6 is 15.9 Å². The summed E-state index contributed by atoms with van der Waals surface area (Å²) in [5, 5.41) is 3.09. The molecule has 1 aromatic rings. The Morgan fingerprint density at radius 3 is 2.68 bits per heavy atom. The summed E-state index contributed by atoms with van der Waals surface area (Å²) in [7, 11) is 4.19. The van der Waals surface area contributed by atoms with Crippen LogP contribution in [-0.4, -0.2) is 41.6 Å². The lowest BCUT2D eigenvalue weighted by Gasteiger charge is -2.47. The number of amides is 1. The van der Waals surface area contributed by atoms with Gasteiger partial charge in [0.1, 0.15) is 5.69 Å². The van der Waals surface area contributed by atoms with E-state index >= 15 is 0 Å². The van der Waals surface area contributed by atoms with Crippen molar-refractivity contribution in [1.82, 2.24) is 14.8 Å². The molecule has 2 rings (SSSR count). The summed E-state index contributed by atoms with van der Waals surface area (Å²) in [5.41, 5.74) is 0.888. The molecular weight excluding hydrogens is 306 g/mol. The predicted molar refractivity (Wildman–Crippen MR) is 80.4 cm³/mol. The minimum absolute atomic E-state index is 0.0145. The van der Waals surface area contributed by atoms with Crippen LogP contribution in [0, 0.1) is 0 Å². The average Bonchev–Trinajstić information content (AvgIpc) is 2.68. The fourth-order valence-corrected chi connectivity index (χ4v) is 3.09. The van der Waals surface area contributed by atoms with Crippen LogP contribution in [0.1, 0.15) is 36.7 Å². The Kier molecular flexibility index (Phi) is 4.36. The second-order valence-electron chi connectivity index (χ2n) is 5.48. The number of hydrogen-bond donors (Lipinski definition) is 1. The van der Waals surface area contributed by atoms with Gasteiger partial charge in [0.25, 0.3) is 5.91 Å². The fourth-order valence-electron chi connectivity index (χ4n) is 2.63. The van der Waals surface area contributed by atoms with Gasteiger partial charge < -0.3 is 14.8 Å². The van der Waals surface area contributed by atoms with Gasteiger partial charge in [0.05, 0.1) is 0 Å². The normalized spacial score (nSPS) is 17.3. The summed E-state index contributed by atoms with van der Waals surface area (Å²) in [5.74, 6) is 0.0145. The van der Waals surface area contributed by atoms with Gasteiger partial charge >= 0.3 is 0 Å². The number of carbonyl (C=O) groups is 1. The number of carbonyl (C=O) groups excluding carboxylic acids is 1. The molecule has 4 nitrogen and oxygen atoms in total. The molecule has 0 aliphatic heterocycles. The van der Waals surface area contributed by atoms with Crippen LogP contribution in [0.5, 0.6) is 0 Å². The van der Waals surface area contributed by atoms with Crippen LogP contribution < -0.4 is 5.32 Å². The van der Waals surface area contributed by atoms with E-state index in [-0.39, 0.29) is 11.4 Å². The highest BCUT2D eigenvalue weighted by Crippen LogP contribution is 2.35. The van der Waals surface area contributed by atoms with Crippen molar-refractivity contribution in [2.45, 2.75) is 38.3 Å². The van der Waals surface area contributed by atoms with Crippen molar-refractivity contribution < 1.29 is 4.79 Å². The van der Waals surface area contributed by atoms with E-state index in [0.29, 0.717) is 0 Å². The SMILES string of the molecule is CCn1cc(Br)cc1C(=O)NCC1(N(C)C)CCC1. The minimum Gasteiger partial charge on any atom is -0.349 e. The van der Waals surface area contributed by atoms with E-state index < -0.39 is 0 Å². The topological polar surface area (TPSA) is 37.3 Å². The number of nitrogens with one attached hydrogen (secondary N) is 1. The maximum Gasteiger partial charge on any atom is 0.268 e. The standard InChI is InChI=1S/C14H22BrN3O/c1-4-18-9-11(15)8-12(18)13(19)16-10-14(17(2)3)6-5-7-14/h8-9H,4-7,10H2,1-3H3,(H,16,19). The molecule has 5 heteroatoms. The van der Waals surface area contributed by atoms with Gasteiger partial charge in [-0.2, -0.15) is 0 Å². The lowest BCUT2D eigenvalue weighted by atomic mass is 9.75. The maximum absolute atomic E-state index is 12.3. The van der Waals surface area contributed by atoms with Crippen LogP contribution in [0.2, 0.25) is 0 Å². The van der Waals surface area contributed by atoms with Gasteiger partial charge in [0.15, 0.2) is 0 Å². The summed E-state index contributed by atoms with van der Waals surface area (Å²) in [6.45, 7) is 3.56. The quantitative estimate of drug-likeness (QED) is 0.902. The number of rotatable bonds is 5. The van der Waals surface area contributed by atoms with E-state index in [1.54, 1.807) is 0 Å². The van der Waals surface area contributed by atoms with E-state index in [4.69, 9.17) is 0 Å². The smallest absolute Gasteiger partial charge is 0.268 e. The largest absolute Gasteiger partial charge is 0.349 e. The zero-order valence-electron chi connectivity index (χ0n) is 11.9. The number of hydrogen-bond acceptors (Lipinski definition) is 2. The highest BCUT2D eigenvalue weighted by molar-refractivity contribution is 9.10. The molecule has 0 radical (unpaired) electrons. The molecule has 1 aliphatic carbocycles. The molecule has 1 aliphatic rings. The lowest BCUT2D eigenvalue weighted by molar-refractivity contribution is 0.0555. The summed E-state index contributed by atoms with van der Waals surface area (Å²) >= 11 is 3.42. The van der Waals surface area contributed by atoms with Crippen LogP contribution in [0.15, 0.2) is 16.7 Å². The Labute approximate surface area is 123 Å². The van der Waals surface area contributed by atoms with E-state index in [1.807, 2.05) is 23.8 Å². The predicted octanol–water partition coefficient (Wildman–Crippen LogP) is 2.48. The lowest BCUT2D eigenvalue weighted by Crippen LogP contribution is -2.57. The van der Waals surface area contributed by atoms with Gasteiger partial charge in [0.2, 0.25) is 0 Å². The first kappa shape index (κ1) is 14.6. The summed E-state index contributed by atoms with van der Waals surface area (Å²) in [4.78, 5) is 14.5. The Hall–Kier alpha value is -0.810. The Morgan fingerprint density at radius 2 is 2.21 bits per heavy atom. The number of aryl methyl sites for hydroxylation is 1.